The number of oxazole rings is 1. The molecular weight excluding hydrogens is 340 g/mol. The summed E-state index contributed by atoms with van der Waals surface area (Å²) < 4.78 is 10.6. The summed E-state index contributed by atoms with van der Waals surface area (Å²) in [7, 11) is 1.37. The van der Waals surface area contributed by atoms with E-state index < -0.39 is 0 Å². The SMILES string of the molecule is C=CC[C@@H]1CC=C[C@@H](C)N1Cc1nc(-c2ccc(C(=O)OC)cc2)oc1C. The number of carbonyl (C=O) groups excluding carboxylic acids is 1. The minimum absolute atomic E-state index is 0.350. The van der Waals surface area contributed by atoms with E-state index in [9.17, 15) is 4.79 Å². The number of rotatable bonds is 6. The lowest BCUT2D eigenvalue weighted by atomic mass is 10.00. The molecule has 0 unspecified atom stereocenters. The average molecular weight is 366 g/mol. The first-order valence-corrected chi connectivity index (χ1v) is 9.21. The maximum Gasteiger partial charge on any atom is 0.337 e. The molecule has 2 atom stereocenters. The molecule has 0 amide bonds. The second-order valence-electron chi connectivity index (χ2n) is 6.85. The Morgan fingerprint density at radius 3 is 2.81 bits per heavy atom. The van der Waals surface area contributed by atoms with E-state index in [1.54, 1.807) is 12.1 Å². The molecule has 0 saturated carbocycles. The number of carbonyl (C=O) groups is 1. The molecule has 5 nitrogen and oxygen atoms in total. The Bertz CT molecular complexity index is 836. The zero-order valence-corrected chi connectivity index (χ0v) is 16.1. The lowest BCUT2D eigenvalue weighted by Gasteiger charge is -2.36. The smallest absolute Gasteiger partial charge is 0.337 e. The summed E-state index contributed by atoms with van der Waals surface area (Å²) in [6.07, 6.45) is 8.44. The molecule has 1 aliphatic heterocycles. The van der Waals surface area contributed by atoms with E-state index in [1.165, 1.54) is 7.11 Å². The predicted octanol–water partition coefficient (Wildman–Crippen LogP) is 4.53. The van der Waals surface area contributed by atoms with Crippen molar-refractivity contribution in [3.05, 3.63) is 66.1 Å². The Morgan fingerprint density at radius 2 is 2.15 bits per heavy atom. The highest BCUT2D eigenvalue weighted by atomic mass is 16.5. The van der Waals surface area contributed by atoms with Crippen LogP contribution < -0.4 is 0 Å². The van der Waals surface area contributed by atoms with Crippen LogP contribution in [0, 0.1) is 6.92 Å². The van der Waals surface area contributed by atoms with E-state index in [1.807, 2.05) is 25.1 Å². The highest BCUT2D eigenvalue weighted by Crippen LogP contribution is 2.27. The normalized spacial score (nSPS) is 19.8. The predicted molar refractivity (Wildman–Crippen MR) is 105 cm³/mol. The molecule has 3 rings (SSSR count). The number of aryl methyl sites for hydroxylation is 1. The first-order valence-electron chi connectivity index (χ1n) is 9.21. The maximum absolute atomic E-state index is 11.6. The third-order valence-corrected chi connectivity index (χ3v) is 5.03. The molecule has 5 heteroatoms. The van der Waals surface area contributed by atoms with E-state index in [2.05, 4.69) is 30.6 Å². The third-order valence-electron chi connectivity index (χ3n) is 5.03. The van der Waals surface area contributed by atoms with Gasteiger partial charge in [-0.15, -0.1) is 6.58 Å². The van der Waals surface area contributed by atoms with Gasteiger partial charge in [0.2, 0.25) is 5.89 Å². The quantitative estimate of drug-likeness (QED) is 0.555. The summed E-state index contributed by atoms with van der Waals surface area (Å²) in [5.41, 5.74) is 2.29. The van der Waals surface area contributed by atoms with Crippen LogP contribution in [-0.4, -0.2) is 35.0 Å². The molecule has 142 valence electrons. The minimum Gasteiger partial charge on any atom is -0.465 e. The van der Waals surface area contributed by atoms with Gasteiger partial charge >= 0.3 is 5.97 Å². The molecule has 27 heavy (non-hydrogen) atoms. The van der Waals surface area contributed by atoms with Gasteiger partial charge in [-0.2, -0.15) is 0 Å². The van der Waals surface area contributed by atoms with Crippen molar-refractivity contribution in [2.45, 2.75) is 45.3 Å². The lowest BCUT2D eigenvalue weighted by Crippen LogP contribution is -2.42. The minimum atomic E-state index is -0.355. The molecule has 0 fully saturated rings. The highest BCUT2D eigenvalue weighted by molar-refractivity contribution is 5.89. The number of methoxy groups -OCH3 is 1. The number of hydrogen-bond donors (Lipinski definition) is 0. The molecule has 0 N–H and O–H groups in total. The van der Waals surface area contributed by atoms with Crippen LogP contribution in [-0.2, 0) is 11.3 Å². The molecule has 0 bridgehead atoms. The molecule has 0 aliphatic carbocycles. The van der Waals surface area contributed by atoms with Gasteiger partial charge in [0.25, 0.3) is 0 Å². The van der Waals surface area contributed by atoms with Crippen LogP contribution in [0.5, 0.6) is 0 Å². The van der Waals surface area contributed by atoms with Crippen molar-refractivity contribution in [1.29, 1.82) is 0 Å². The van der Waals surface area contributed by atoms with Crippen molar-refractivity contribution in [1.82, 2.24) is 9.88 Å². The number of aromatic nitrogens is 1. The van der Waals surface area contributed by atoms with Gasteiger partial charge in [-0.05, 0) is 51.0 Å². The van der Waals surface area contributed by atoms with Crippen LogP contribution in [0.4, 0.5) is 0 Å². The fourth-order valence-corrected chi connectivity index (χ4v) is 3.45. The van der Waals surface area contributed by atoms with E-state index in [-0.39, 0.29) is 5.97 Å². The topological polar surface area (TPSA) is 55.6 Å². The van der Waals surface area contributed by atoms with E-state index in [0.29, 0.717) is 23.5 Å². The largest absolute Gasteiger partial charge is 0.465 e. The maximum atomic E-state index is 11.6. The van der Waals surface area contributed by atoms with Crippen LogP contribution in [0.25, 0.3) is 11.5 Å². The second kappa shape index (κ2) is 8.35. The first kappa shape index (κ1) is 19.1. The fourth-order valence-electron chi connectivity index (χ4n) is 3.45. The van der Waals surface area contributed by atoms with Crippen LogP contribution in [0.15, 0.2) is 53.5 Å². The van der Waals surface area contributed by atoms with E-state index in [0.717, 1.165) is 36.4 Å². The molecule has 2 heterocycles. The highest BCUT2D eigenvalue weighted by Gasteiger charge is 2.26. The molecule has 2 aromatic rings. The van der Waals surface area contributed by atoms with Gasteiger partial charge in [-0.1, -0.05) is 18.2 Å². The summed E-state index contributed by atoms with van der Waals surface area (Å²) in [5.74, 6) is 1.03. The Balaban J connectivity index is 1.80. The van der Waals surface area contributed by atoms with Gasteiger partial charge in [0.05, 0.1) is 18.4 Å². The number of esters is 1. The van der Waals surface area contributed by atoms with Crippen LogP contribution in [0.1, 0.15) is 41.6 Å². The molecule has 1 aromatic heterocycles. The number of hydrogen-bond acceptors (Lipinski definition) is 5. The zero-order valence-electron chi connectivity index (χ0n) is 16.1. The molecule has 0 spiro atoms. The number of ether oxygens (including phenoxy) is 1. The molecule has 1 aromatic carbocycles. The molecular formula is C22H26N2O3. The van der Waals surface area contributed by atoms with Crippen LogP contribution in [0.3, 0.4) is 0 Å². The van der Waals surface area contributed by atoms with Crippen molar-refractivity contribution >= 4 is 5.97 Å². The number of benzene rings is 1. The molecule has 0 saturated heterocycles. The fraction of sp³-hybridized carbons (Fsp3) is 0.364. The lowest BCUT2D eigenvalue weighted by molar-refractivity contribution is 0.0600. The molecule has 0 radical (unpaired) electrons. The Morgan fingerprint density at radius 1 is 1.41 bits per heavy atom. The number of nitrogens with zero attached hydrogens (tertiary/aromatic N) is 2. The second-order valence-corrected chi connectivity index (χ2v) is 6.85. The zero-order chi connectivity index (χ0) is 19.4. The average Bonchev–Trinajstić information content (AvgIpc) is 3.04. The monoisotopic (exact) mass is 366 g/mol. The van der Waals surface area contributed by atoms with Gasteiger partial charge < -0.3 is 9.15 Å². The summed E-state index contributed by atoms with van der Waals surface area (Å²) in [4.78, 5) is 18.7. The van der Waals surface area contributed by atoms with Gasteiger partial charge in [0.15, 0.2) is 0 Å². The molecule has 1 aliphatic rings. The van der Waals surface area contributed by atoms with Crippen molar-refractivity contribution in [3.8, 4) is 11.5 Å². The van der Waals surface area contributed by atoms with Gasteiger partial charge in [-0.3, -0.25) is 4.90 Å². The van der Waals surface area contributed by atoms with Crippen molar-refractivity contribution in [2.75, 3.05) is 7.11 Å². The van der Waals surface area contributed by atoms with Crippen molar-refractivity contribution < 1.29 is 13.9 Å². The van der Waals surface area contributed by atoms with Crippen molar-refractivity contribution in [3.63, 3.8) is 0 Å². The Labute approximate surface area is 160 Å². The van der Waals surface area contributed by atoms with Crippen LogP contribution in [0.2, 0.25) is 0 Å². The van der Waals surface area contributed by atoms with E-state index >= 15 is 0 Å². The third kappa shape index (κ3) is 4.19. The Hall–Kier alpha value is -2.66. The van der Waals surface area contributed by atoms with Gasteiger partial charge in [0, 0.05) is 24.2 Å². The van der Waals surface area contributed by atoms with Crippen molar-refractivity contribution in [2.24, 2.45) is 0 Å². The van der Waals surface area contributed by atoms with E-state index in [4.69, 9.17) is 14.1 Å². The summed E-state index contributed by atoms with van der Waals surface area (Å²) in [6.45, 7) is 8.77. The Kier molecular flexibility index (Phi) is 5.91. The first-order chi connectivity index (χ1) is 13.0. The van der Waals surface area contributed by atoms with Gasteiger partial charge in [0.1, 0.15) is 5.76 Å². The summed E-state index contributed by atoms with van der Waals surface area (Å²) >= 11 is 0. The van der Waals surface area contributed by atoms with Crippen LogP contribution >= 0.6 is 0 Å². The standard InChI is InChI=1S/C22H26N2O3/c1-5-7-19-9-6-8-15(2)24(19)14-20-16(3)27-21(23-20)17-10-12-18(13-11-17)22(25)26-4/h5-6,8,10-13,15,19H,1,7,9,14H2,2-4H3/t15-,19-/m1/s1. The van der Waals surface area contributed by atoms with Gasteiger partial charge in [-0.25, -0.2) is 9.78 Å². The summed E-state index contributed by atoms with van der Waals surface area (Å²) in [5, 5.41) is 0. The summed E-state index contributed by atoms with van der Waals surface area (Å²) in [6, 6.07) is 7.88.